The van der Waals surface area contributed by atoms with E-state index in [0.717, 1.165) is 16.6 Å². The van der Waals surface area contributed by atoms with E-state index >= 15 is 0 Å². The van der Waals surface area contributed by atoms with Crippen LogP contribution in [0.25, 0.3) is 0 Å². The van der Waals surface area contributed by atoms with Gasteiger partial charge in [0.2, 0.25) is 0 Å². The van der Waals surface area contributed by atoms with Crippen LogP contribution in [0.5, 0.6) is 11.5 Å². The van der Waals surface area contributed by atoms with Gasteiger partial charge in [0.1, 0.15) is 5.75 Å². The third kappa shape index (κ3) is 4.70. The maximum absolute atomic E-state index is 13.7. The predicted octanol–water partition coefficient (Wildman–Crippen LogP) is 5.53. The van der Waals surface area contributed by atoms with Gasteiger partial charge in [-0.2, -0.15) is 0 Å². The first kappa shape index (κ1) is 16.3. The molecule has 0 unspecified atom stereocenters. The van der Waals surface area contributed by atoms with Gasteiger partial charge in [-0.1, -0.05) is 47.4 Å². The molecule has 0 atom stereocenters. The maximum Gasteiger partial charge on any atom is 0.165 e. The zero-order valence-electron chi connectivity index (χ0n) is 11.8. The van der Waals surface area contributed by atoms with E-state index in [1.807, 2.05) is 12.1 Å². The van der Waals surface area contributed by atoms with Gasteiger partial charge in [0.15, 0.2) is 11.6 Å². The fraction of sp³-hybridized carbons (Fsp3) is 0.250. The average molecular weight is 373 g/mol. The Morgan fingerprint density at radius 3 is 2.62 bits per heavy atom. The van der Waals surface area contributed by atoms with Crippen LogP contribution in [0.2, 0.25) is 5.02 Å². The minimum absolute atomic E-state index is 0.138. The molecule has 0 aromatic heterocycles. The normalized spacial score (nSPS) is 11.0. The average Bonchev–Trinajstić information content (AvgIpc) is 2.43. The molecule has 2 nitrogen and oxygen atoms in total. The van der Waals surface area contributed by atoms with Gasteiger partial charge in [-0.05, 0) is 35.9 Å². The Kier molecular flexibility index (Phi) is 5.62. The molecule has 0 amide bonds. The number of nitrogens with one attached hydrogen (secondary N) is 1. The molecule has 0 fully saturated rings. The predicted molar refractivity (Wildman–Crippen MR) is 87.6 cm³/mol. The molecule has 0 spiro atoms. The van der Waals surface area contributed by atoms with Crippen LogP contribution in [-0.4, -0.2) is 6.04 Å². The largest absolute Gasteiger partial charge is 0.453 e. The highest BCUT2D eigenvalue weighted by molar-refractivity contribution is 9.10. The molecule has 0 bridgehead atoms. The van der Waals surface area contributed by atoms with Crippen LogP contribution in [0, 0.1) is 5.82 Å². The Labute approximate surface area is 137 Å². The van der Waals surface area contributed by atoms with E-state index in [-0.39, 0.29) is 5.75 Å². The van der Waals surface area contributed by atoms with Crippen molar-refractivity contribution >= 4 is 27.5 Å². The molecule has 2 aromatic rings. The highest BCUT2D eigenvalue weighted by Gasteiger charge is 2.09. The summed E-state index contributed by atoms with van der Waals surface area (Å²) in [6, 6.07) is 10.4. The summed E-state index contributed by atoms with van der Waals surface area (Å²) in [4.78, 5) is 0. The highest BCUT2D eigenvalue weighted by Crippen LogP contribution is 2.32. The highest BCUT2D eigenvalue weighted by atomic mass is 79.9. The Hall–Kier alpha value is -1.10. The zero-order valence-corrected chi connectivity index (χ0v) is 14.1. The van der Waals surface area contributed by atoms with Crippen molar-refractivity contribution in [2.75, 3.05) is 0 Å². The molecule has 0 aliphatic carbocycles. The summed E-state index contributed by atoms with van der Waals surface area (Å²) >= 11 is 9.49. The van der Waals surface area contributed by atoms with Crippen LogP contribution in [0.3, 0.4) is 0 Å². The molecular formula is C16H16BrClFNO. The lowest BCUT2D eigenvalue weighted by Crippen LogP contribution is -2.21. The SMILES string of the molecule is CC(C)NCc1ccc(Oc2cc(Br)ccc2F)c(Cl)c1. The first-order chi connectivity index (χ1) is 9.95. The second kappa shape index (κ2) is 7.25. The molecule has 0 radical (unpaired) electrons. The van der Waals surface area contributed by atoms with Crippen LogP contribution in [0.1, 0.15) is 19.4 Å². The monoisotopic (exact) mass is 371 g/mol. The van der Waals surface area contributed by atoms with Crippen molar-refractivity contribution in [1.82, 2.24) is 5.32 Å². The lowest BCUT2D eigenvalue weighted by molar-refractivity contribution is 0.442. The van der Waals surface area contributed by atoms with Crippen molar-refractivity contribution in [1.29, 1.82) is 0 Å². The molecule has 1 N–H and O–H groups in total. The van der Waals surface area contributed by atoms with Crippen molar-refractivity contribution < 1.29 is 9.13 Å². The van der Waals surface area contributed by atoms with Gasteiger partial charge in [-0.15, -0.1) is 0 Å². The minimum Gasteiger partial charge on any atom is -0.453 e. The van der Waals surface area contributed by atoms with Crippen LogP contribution in [0.4, 0.5) is 4.39 Å². The number of rotatable bonds is 5. The van der Waals surface area contributed by atoms with E-state index in [1.54, 1.807) is 18.2 Å². The van der Waals surface area contributed by atoms with Crippen molar-refractivity contribution in [3.63, 3.8) is 0 Å². The lowest BCUT2D eigenvalue weighted by Gasteiger charge is -2.12. The van der Waals surface area contributed by atoms with Crippen molar-refractivity contribution in [3.8, 4) is 11.5 Å². The second-order valence-electron chi connectivity index (χ2n) is 4.98. The first-order valence-corrected chi connectivity index (χ1v) is 7.77. The molecule has 0 aliphatic rings. The molecule has 0 saturated carbocycles. The van der Waals surface area contributed by atoms with Gasteiger partial charge in [0.25, 0.3) is 0 Å². The van der Waals surface area contributed by atoms with Crippen LogP contribution >= 0.6 is 27.5 Å². The van der Waals surface area contributed by atoms with Crippen LogP contribution < -0.4 is 10.1 Å². The standard InChI is InChI=1S/C16H16BrClFNO/c1-10(2)20-9-11-3-6-15(13(18)7-11)21-16-8-12(17)4-5-14(16)19/h3-8,10,20H,9H2,1-2H3. The summed E-state index contributed by atoms with van der Waals surface area (Å²) in [5, 5.41) is 3.77. The lowest BCUT2D eigenvalue weighted by atomic mass is 10.2. The Balaban J connectivity index is 2.15. The zero-order chi connectivity index (χ0) is 15.4. The topological polar surface area (TPSA) is 21.3 Å². The van der Waals surface area contributed by atoms with E-state index in [1.165, 1.54) is 6.07 Å². The molecule has 2 aromatic carbocycles. The Bertz CT molecular complexity index is 634. The third-order valence-electron chi connectivity index (χ3n) is 2.82. The van der Waals surface area contributed by atoms with Gasteiger partial charge in [-0.3, -0.25) is 0 Å². The van der Waals surface area contributed by atoms with E-state index in [2.05, 4.69) is 35.1 Å². The molecule has 112 valence electrons. The van der Waals surface area contributed by atoms with Crippen molar-refractivity contribution in [2.24, 2.45) is 0 Å². The quantitative estimate of drug-likeness (QED) is 0.745. The molecule has 5 heteroatoms. The summed E-state index contributed by atoms with van der Waals surface area (Å²) in [5.74, 6) is 0.140. The number of hydrogen-bond donors (Lipinski definition) is 1. The molecule has 2 rings (SSSR count). The third-order valence-corrected chi connectivity index (χ3v) is 3.61. The molecule has 0 heterocycles. The first-order valence-electron chi connectivity index (χ1n) is 6.60. The number of ether oxygens (including phenoxy) is 1. The smallest absolute Gasteiger partial charge is 0.165 e. The summed E-state index contributed by atoms with van der Waals surface area (Å²) in [6.45, 7) is 4.88. The van der Waals surface area contributed by atoms with E-state index in [0.29, 0.717) is 16.8 Å². The fourth-order valence-electron chi connectivity index (χ4n) is 1.73. The van der Waals surface area contributed by atoms with Crippen LogP contribution in [0.15, 0.2) is 40.9 Å². The van der Waals surface area contributed by atoms with Gasteiger partial charge in [-0.25, -0.2) is 4.39 Å². The number of benzene rings is 2. The summed E-state index contributed by atoms with van der Waals surface area (Å²) in [5.41, 5.74) is 1.05. The van der Waals surface area contributed by atoms with Crippen molar-refractivity contribution in [3.05, 3.63) is 57.3 Å². The molecular weight excluding hydrogens is 357 g/mol. The summed E-state index contributed by atoms with van der Waals surface area (Å²) in [6.07, 6.45) is 0. The van der Waals surface area contributed by atoms with E-state index in [9.17, 15) is 4.39 Å². The summed E-state index contributed by atoms with van der Waals surface area (Å²) < 4.78 is 20.0. The fourth-order valence-corrected chi connectivity index (χ4v) is 2.31. The maximum atomic E-state index is 13.7. The second-order valence-corrected chi connectivity index (χ2v) is 6.30. The number of halogens is 3. The Morgan fingerprint density at radius 1 is 1.19 bits per heavy atom. The molecule has 0 saturated heterocycles. The number of hydrogen-bond acceptors (Lipinski definition) is 2. The van der Waals surface area contributed by atoms with E-state index < -0.39 is 5.82 Å². The minimum atomic E-state index is -0.431. The van der Waals surface area contributed by atoms with E-state index in [4.69, 9.17) is 16.3 Å². The van der Waals surface area contributed by atoms with Gasteiger partial charge >= 0.3 is 0 Å². The van der Waals surface area contributed by atoms with Crippen molar-refractivity contribution in [2.45, 2.75) is 26.4 Å². The van der Waals surface area contributed by atoms with Crippen LogP contribution in [-0.2, 0) is 6.54 Å². The molecule has 21 heavy (non-hydrogen) atoms. The molecule has 0 aliphatic heterocycles. The summed E-state index contributed by atoms with van der Waals surface area (Å²) in [7, 11) is 0. The van der Waals surface area contributed by atoms with Gasteiger partial charge < -0.3 is 10.1 Å². The van der Waals surface area contributed by atoms with Gasteiger partial charge in [0.05, 0.1) is 5.02 Å². The van der Waals surface area contributed by atoms with Gasteiger partial charge in [0, 0.05) is 17.1 Å². The Morgan fingerprint density at radius 2 is 1.95 bits per heavy atom.